The molecule has 0 aromatic heterocycles. The molecule has 1 aliphatic rings. The van der Waals surface area contributed by atoms with Crippen LogP contribution in [-0.4, -0.2) is 30.7 Å². The van der Waals surface area contributed by atoms with Crippen LogP contribution in [-0.2, 0) is 4.79 Å². The number of carbonyl (C=O) groups excluding carboxylic acids is 1. The van der Waals surface area contributed by atoms with Gasteiger partial charge in [0.25, 0.3) is 0 Å². The highest BCUT2D eigenvalue weighted by atomic mass is 16.3. The van der Waals surface area contributed by atoms with E-state index in [0.29, 0.717) is 19.5 Å². The summed E-state index contributed by atoms with van der Waals surface area (Å²) in [6.45, 7) is 1.36. The Balaban J connectivity index is 2.25. The monoisotopic (exact) mass is 214 g/mol. The summed E-state index contributed by atoms with van der Waals surface area (Å²) < 4.78 is 0. The van der Waals surface area contributed by atoms with Crippen LogP contribution in [0.2, 0.25) is 0 Å². The van der Waals surface area contributed by atoms with Gasteiger partial charge in [-0.25, -0.2) is 0 Å². The molecule has 4 N–H and O–H groups in total. The van der Waals surface area contributed by atoms with E-state index >= 15 is 0 Å². The van der Waals surface area contributed by atoms with Crippen molar-refractivity contribution in [1.29, 1.82) is 0 Å². The third kappa shape index (κ3) is 3.80. The molecule has 15 heavy (non-hydrogen) atoms. The molecule has 0 saturated heterocycles. The highest BCUT2D eigenvalue weighted by Gasteiger charge is 2.33. The van der Waals surface area contributed by atoms with Crippen molar-refractivity contribution in [2.24, 2.45) is 11.1 Å². The molecule has 0 heterocycles. The van der Waals surface area contributed by atoms with E-state index in [0.717, 1.165) is 19.3 Å². The van der Waals surface area contributed by atoms with Crippen molar-refractivity contribution in [1.82, 2.24) is 5.32 Å². The first-order valence-electron chi connectivity index (χ1n) is 5.80. The zero-order chi connectivity index (χ0) is 11.1. The minimum absolute atomic E-state index is 0.0433. The second-order valence-electron chi connectivity index (χ2n) is 4.53. The van der Waals surface area contributed by atoms with Gasteiger partial charge in [0.05, 0.1) is 6.61 Å². The van der Waals surface area contributed by atoms with Gasteiger partial charge in [-0.15, -0.1) is 0 Å². The molecule has 4 nitrogen and oxygen atoms in total. The zero-order valence-electron chi connectivity index (χ0n) is 9.30. The Morgan fingerprint density at radius 1 is 1.40 bits per heavy atom. The van der Waals surface area contributed by atoms with Crippen molar-refractivity contribution in [3.8, 4) is 0 Å². The summed E-state index contributed by atoms with van der Waals surface area (Å²) in [5, 5.41) is 12.2. The molecular weight excluding hydrogens is 192 g/mol. The molecule has 0 spiro atoms. The number of hydrogen-bond donors (Lipinski definition) is 3. The van der Waals surface area contributed by atoms with Gasteiger partial charge in [0.15, 0.2) is 0 Å². The maximum atomic E-state index is 11.4. The first-order chi connectivity index (χ1) is 7.22. The Kier molecular flexibility index (Phi) is 5.05. The highest BCUT2D eigenvalue weighted by molar-refractivity contribution is 5.75. The molecule has 0 aliphatic heterocycles. The van der Waals surface area contributed by atoms with Gasteiger partial charge < -0.3 is 16.2 Å². The van der Waals surface area contributed by atoms with E-state index in [1.807, 2.05) is 0 Å². The first-order valence-corrected chi connectivity index (χ1v) is 5.80. The molecule has 1 rings (SSSR count). The molecule has 1 fully saturated rings. The maximum Gasteiger partial charge on any atom is 0.220 e. The summed E-state index contributed by atoms with van der Waals surface area (Å²) in [5.41, 5.74) is 5.28. The Hall–Kier alpha value is -0.610. The van der Waals surface area contributed by atoms with Crippen LogP contribution in [0.4, 0.5) is 0 Å². The van der Waals surface area contributed by atoms with Crippen LogP contribution in [0.3, 0.4) is 0 Å². The number of amides is 1. The van der Waals surface area contributed by atoms with Gasteiger partial charge in [-0.2, -0.15) is 0 Å². The molecule has 1 saturated carbocycles. The van der Waals surface area contributed by atoms with E-state index in [-0.39, 0.29) is 17.9 Å². The largest absolute Gasteiger partial charge is 0.396 e. The molecule has 0 atom stereocenters. The normalized spacial score (nSPS) is 19.1. The molecule has 4 heteroatoms. The van der Waals surface area contributed by atoms with Crippen LogP contribution in [0.5, 0.6) is 0 Å². The molecule has 1 aliphatic carbocycles. The summed E-state index contributed by atoms with van der Waals surface area (Å²) in [6.07, 6.45) is 5.62. The van der Waals surface area contributed by atoms with Crippen LogP contribution in [0.25, 0.3) is 0 Å². The highest BCUT2D eigenvalue weighted by Crippen LogP contribution is 2.36. The summed E-state index contributed by atoms with van der Waals surface area (Å²) in [7, 11) is 0. The van der Waals surface area contributed by atoms with Crippen LogP contribution in [0.15, 0.2) is 0 Å². The number of nitrogens with one attached hydrogen (secondary N) is 1. The zero-order valence-corrected chi connectivity index (χ0v) is 9.30. The molecule has 0 aromatic rings. The molecule has 0 aromatic carbocycles. The average Bonchev–Trinajstić information content (AvgIpc) is 2.73. The number of rotatable bonds is 6. The fraction of sp³-hybridized carbons (Fsp3) is 0.909. The summed E-state index contributed by atoms with van der Waals surface area (Å²) in [4.78, 5) is 11.4. The van der Waals surface area contributed by atoms with Crippen molar-refractivity contribution >= 4 is 5.91 Å². The van der Waals surface area contributed by atoms with E-state index < -0.39 is 0 Å². The first kappa shape index (κ1) is 12.5. The van der Waals surface area contributed by atoms with Crippen LogP contribution < -0.4 is 11.1 Å². The Morgan fingerprint density at radius 3 is 2.60 bits per heavy atom. The van der Waals surface area contributed by atoms with Crippen LogP contribution in [0.1, 0.15) is 38.5 Å². The molecule has 0 bridgehead atoms. The Morgan fingerprint density at radius 2 is 2.07 bits per heavy atom. The van der Waals surface area contributed by atoms with Crippen molar-refractivity contribution < 1.29 is 9.90 Å². The van der Waals surface area contributed by atoms with Gasteiger partial charge in [0.1, 0.15) is 0 Å². The quantitative estimate of drug-likeness (QED) is 0.599. The van der Waals surface area contributed by atoms with Crippen molar-refractivity contribution in [3.63, 3.8) is 0 Å². The molecule has 0 radical (unpaired) electrons. The van der Waals surface area contributed by atoms with Gasteiger partial charge in [0.2, 0.25) is 5.91 Å². The van der Waals surface area contributed by atoms with Crippen molar-refractivity contribution in [3.05, 3.63) is 0 Å². The third-order valence-electron chi connectivity index (χ3n) is 3.27. The SMILES string of the molecule is NCCCC(=O)NCC1(CO)CCCC1. The van der Waals surface area contributed by atoms with E-state index in [1.165, 1.54) is 12.8 Å². The lowest BCUT2D eigenvalue weighted by Crippen LogP contribution is -2.38. The summed E-state index contributed by atoms with van der Waals surface area (Å²) in [5.74, 6) is 0.0557. The van der Waals surface area contributed by atoms with Crippen molar-refractivity contribution in [2.45, 2.75) is 38.5 Å². The summed E-state index contributed by atoms with van der Waals surface area (Å²) in [6, 6.07) is 0. The lowest BCUT2D eigenvalue weighted by Gasteiger charge is -2.26. The number of aliphatic hydroxyl groups excluding tert-OH is 1. The minimum atomic E-state index is -0.0433. The van der Waals surface area contributed by atoms with Gasteiger partial charge >= 0.3 is 0 Å². The number of carbonyl (C=O) groups is 1. The number of hydrogen-bond acceptors (Lipinski definition) is 3. The topological polar surface area (TPSA) is 75.4 Å². The third-order valence-corrected chi connectivity index (χ3v) is 3.27. The fourth-order valence-electron chi connectivity index (χ4n) is 2.15. The van der Waals surface area contributed by atoms with Gasteiger partial charge in [-0.3, -0.25) is 4.79 Å². The molecule has 1 amide bonds. The number of aliphatic hydroxyl groups is 1. The van der Waals surface area contributed by atoms with E-state index in [4.69, 9.17) is 5.73 Å². The lowest BCUT2D eigenvalue weighted by atomic mass is 9.87. The lowest BCUT2D eigenvalue weighted by molar-refractivity contribution is -0.121. The van der Waals surface area contributed by atoms with Crippen LogP contribution in [0, 0.1) is 5.41 Å². The molecular formula is C11H22N2O2. The molecule has 88 valence electrons. The predicted molar refractivity (Wildman–Crippen MR) is 59.3 cm³/mol. The van der Waals surface area contributed by atoms with E-state index in [9.17, 15) is 9.90 Å². The van der Waals surface area contributed by atoms with Crippen LogP contribution >= 0.6 is 0 Å². The van der Waals surface area contributed by atoms with Gasteiger partial charge in [-0.05, 0) is 25.8 Å². The smallest absolute Gasteiger partial charge is 0.220 e. The summed E-state index contributed by atoms with van der Waals surface area (Å²) >= 11 is 0. The Labute approximate surface area is 91.2 Å². The fourth-order valence-corrected chi connectivity index (χ4v) is 2.15. The second-order valence-corrected chi connectivity index (χ2v) is 4.53. The standard InChI is InChI=1S/C11H22N2O2/c12-7-3-4-10(15)13-8-11(9-14)5-1-2-6-11/h14H,1-9,12H2,(H,13,15). The van der Waals surface area contributed by atoms with Gasteiger partial charge in [0, 0.05) is 18.4 Å². The minimum Gasteiger partial charge on any atom is -0.396 e. The second kappa shape index (κ2) is 6.08. The molecule has 0 unspecified atom stereocenters. The predicted octanol–water partition coefficient (Wildman–Crippen LogP) is 0.394. The van der Waals surface area contributed by atoms with Crippen molar-refractivity contribution in [2.75, 3.05) is 19.7 Å². The maximum absolute atomic E-state index is 11.4. The van der Waals surface area contributed by atoms with E-state index in [2.05, 4.69) is 5.32 Å². The number of nitrogens with two attached hydrogens (primary N) is 1. The average molecular weight is 214 g/mol. The van der Waals surface area contributed by atoms with E-state index in [1.54, 1.807) is 0 Å². The Bertz CT molecular complexity index is 201. The van der Waals surface area contributed by atoms with Gasteiger partial charge in [-0.1, -0.05) is 12.8 Å².